The lowest BCUT2D eigenvalue weighted by Crippen LogP contribution is -2.51. The topological polar surface area (TPSA) is 55.7 Å². The van der Waals surface area contributed by atoms with E-state index in [4.69, 9.17) is 4.74 Å². The Morgan fingerprint density at radius 3 is 2.55 bits per heavy atom. The minimum Gasteiger partial charge on any atom is -0.497 e. The largest absolute Gasteiger partial charge is 0.573 e. The Kier molecular flexibility index (Phi) is 4.99. The number of hydrogen-bond acceptors (Lipinski definition) is 4. The Bertz CT molecular complexity index is 1190. The fraction of sp³-hybridized carbons (Fsp3) is 0.292. The molecular formula is C24H22F3N3O3. The average Bonchev–Trinajstić information content (AvgIpc) is 3.27. The minimum absolute atomic E-state index is 0.0246. The van der Waals surface area contributed by atoms with Crippen LogP contribution in [0.25, 0.3) is 5.69 Å². The van der Waals surface area contributed by atoms with Crippen molar-refractivity contribution in [1.29, 1.82) is 0 Å². The standard InChI is InChI=1S/C24H22F3N3O3/c1-32-18-8-9-20-19(13-18)28-23(21-3-2-11-30(20)21)10-12-29(22(31)14-23)15-16-4-6-17(7-5-16)33-24(25,26)27/h2-9,11,13,28H,10,12,14-15H2,1H3. The highest BCUT2D eigenvalue weighted by molar-refractivity contribution is 5.81. The van der Waals surface area contributed by atoms with Gasteiger partial charge in [-0.05, 0) is 48.4 Å². The van der Waals surface area contributed by atoms with Gasteiger partial charge in [0.1, 0.15) is 11.5 Å². The Hall–Kier alpha value is -3.62. The fourth-order valence-electron chi connectivity index (χ4n) is 4.67. The highest BCUT2D eigenvalue weighted by atomic mass is 19.4. The number of anilines is 1. The molecule has 5 rings (SSSR count). The Balaban J connectivity index is 1.34. The van der Waals surface area contributed by atoms with Gasteiger partial charge in [0.05, 0.1) is 30.4 Å². The summed E-state index contributed by atoms with van der Waals surface area (Å²) in [6.07, 6.45) is -1.78. The molecule has 1 atom stereocenters. The molecule has 0 radical (unpaired) electrons. The Morgan fingerprint density at radius 1 is 1.09 bits per heavy atom. The SMILES string of the molecule is COc1ccc2c(c1)NC1(CCN(Cc3ccc(OC(F)(F)F)cc3)C(=O)C1)c1cccn1-2. The van der Waals surface area contributed by atoms with Gasteiger partial charge in [-0.25, -0.2) is 0 Å². The fourth-order valence-corrected chi connectivity index (χ4v) is 4.67. The highest BCUT2D eigenvalue weighted by Gasteiger charge is 2.44. The number of nitrogens with zero attached hydrogens (tertiary/aromatic N) is 2. The van der Waals surface area contributed by atoms with Gasteiger partial charge < -0.3 is 24.3 Å². The van der Waals surface area contributed by atoms with Crippen molar-refractivity contribution in [3.8, 4) is 17.2 Å². The number of ether oxygens (including phenoxy) is 2. The van der Waals surface area contributed by atoms with Crippen LogP contribution in [0.15, 0.2) is 60.8 Å². The van der Waals surface area contributed by atoms with Crippen LogP contribution in [-0.2, 0) is 16.9 Å². The maximum absolute atomic E-state index is 13.2. The average molecular weight is 457 g/mol. The van der Waals surface area contributed by atoms with Crippen molar-refractivity contribution in [2.45, 2.75) is 31.3 Å². The Labute approximate surface area is 188 Å². The summed E-state index contributed by atoms with van der Waals surface area (Å²) in [5.74, 6) is 0.425. The summed E-state index contributed by atoms with van der Waals surface area (Å²) < 4.78 is 48.5. The number of fused-ring (bicyclic) bond motifs is 4. The molecule has 3 aromatic rings. The predicted molar refractivity (Wildman–Crippen MR) is 115 cm³/mol. The lowest BCUT2D eigenvalue weighted by atomic mass is 9.82. The van der Waals surface area contributed by atoms with Gasteiger partial charge in [-0.1, -0.05) is 12.1 Å². The van der Waals surface area contributed by atoms with Crippen molar-refractivity contribution in [2.24, 2.45) is 0 Å². The van der Waals surface area contributed by atoms with E-state index < -0.39 is 11.9 Å². The first-order valence-electron chi connectivity index (χ1n) is 10.5. The number of nitrogens with one attached hydrogen (secondary N) is 1. The van der Waals surface area contributed by atoms with Crippen molar-refractivity contribution in [1.82, 2.24) is 9.47 Å². The van der Waals surface area contributed by atoms with Crippen LogP contribution < -0.4 is 14.8 Å². The van der Waals surface area contributed by atoms with Crippen molar-refractivity contribution < 1.29 is 27.4 Å². The number of carbonyl (C=O) groups excluding carboxylic acids is 1. The van der Waals surface area contributed by atoms with Gasteiger partial charge in [-0.15, -0.1) is 13.2 Å². The Morgan fingerprint density at radius 2 is 1.85 bits per heavy atom. The summed E-state index contributed by atoms with van der Waals surface area (Å²) in [4.78, 5) is 14.9. The first-order chi connectivity index (χ1) is 15.8. The summed E-state index contributed by atoms with van der Waals surface area (Å²) in [5.41, 5.74) is 3.13. The monoisotopic (exact) mass is 457 g/mol. The zero-order valence-corrected chi connectivity index (χ0v) is 17.9. The first-order valence-corrected chi connectivity index (χ1v) is 10.5. The quantitative estimate of drug-likeness (QED) is 0.610. The van der Waals surface area contributed by atoms with Crippen LogP contribution in [0.2, 0.25) is 0 Å². The normalized spacial score (nSPS) is 19.6. The third-order valence-electron chi connectivity index (χ3n) is 6.22. The number of rotatable bonds is 4. The van der Waals surface area contributed by atoms with Gasteiger partial charge in [0.25, 0.3) is 0 Å². The number of benzene rings is 2. The number of likely N-dealkylation sites (tertiary alicyclic amines) is 1. The molecule has 0 saturated carbocycles. The molecular weight excluding hydrogens is 435 g/mol. The van der Waals surface area contributed by atoms with Crippen LogP contribution in [0.1, 0.15) is 24.1 Å². The highest BCUT2D eigenvalue weighted by Crippen LogP contribution is 2.44. The van der Waals surface area contributed by atoms with Crippen molar-refractivity contribution in [3.63, 3.8) is 0 Å². The van der Waals surface area contributed by atoms with E-state index in [1.165, 1.54) is 12.1 Å². The third-order valence-corrected chi connectivity index (χ3v) is 6.22. The van der Waals surface area contributed by atoms with E-state index in [0.29, 0.717) is 19.5 Å². The third kappa shape index (κ3) is 3.99. The molecule has 2 aromatic carbocycles. The minimum atomic E-state index is -4.73. The number of methoxy groups -OCH3 is 1. The lowest BCUT2D eigenvalue weighted by molar-refractivity contribution is -0.274. The summed E-state index contributed by atoms with van der Waals surface area (Å²) in [6, 6.07) is 15.4. The van der Waals surface area contributed by atoms with Crippen LogP contribution >= 0.6 is 0 Å². The molecule has 1 fully saturated rings. The number of piperidine rings is 1. The molecule has 172 valence electrons. The predicted octanol–water partition coefficient (Wildman–Crippen LogP) is 4.83. The number of alkyl halides is 3. The molecule has 1 spiro atoms. The lowest BCUT2D eigenvalue weighted by Gasteiger charge is -2.45. The van der Waals surface area contributed by atoms with E-state index in [9.17, 15) is 18.0 Å². The van der Waals surface area contributed by atoms with Crippen molar-refractivity contribution >= 4 is 11.6 Å². The van der Waals surface area contributed by atoms with Gasteiger partial charge in [0, 0.05) is 31.0 Å². The van der Waals surface area contributed by atoms with Gasteiger partial charge in [-0.3, -0.25) is 4.79 Å². The molecule has 1 aromatic heterocycles. The maximum atomic E-state index is 13.2. The first kappa shape index (κ1) is 21.2. The molecule has 1 saturated heterocycles. The van der Waals surface area contributed by atoms with E-state index in [2.05, 4.69) is 14.6 Å². The number of halogens is 3. The van der Waals surface area contributed by atoms with Crippen molar-refractivity contribution in [2.75, 3.05) is 19.0 Å². The number of aromatic nitrogens is 1. The number of amides is 1. The summed E-state index contributed by atoms with van der Waals surface area (Å²) >= 11 is 0. The summed E-state index contributed by atoms with van der Waals surface area (Å²) in [5, 5.41) is 3.60. The summed E-state index contributed by atoms with van der Waals surface area (Å²) in [7, 11) is 1.62. The van der Waals surface area contributed by atoms with E-state index in [1.807, 2.05) is 36.5 Å². The number of carbonyl (C=O) groups is 1. The zero-order chi connectivity index (χ0) is 23.2. The van der Waals surface area contributed by atoms with Gasteiger partial charge in [-0.2, -0.15) is 0 Å². The molecule has 0 bridgehead atoms. The van der Waals surface area contributed by atoms with Crippen LogP contribution in [0.5, 0.6) is 11.5 Å². The van der Waals surface area contributed by atoms with Crippen molar-refractivity contribution in [3.05, 3.63) is 72.1 Å². The molecule has 1 amide bonds. The molecule has 0 aliphatic carbocycles. The summed E-state index contributed by atoms with van der Waals surface area (Å²) in [6.45, 7) is 0.837. The van der Waals surface area contributed by atoms with Crippen LogP contribution in [0.4, 0.5) is 18.9 Å². The van der Waals surface area contributed by atoms with Crippen LogP contribution in [0.3, 0.4) is 0 Å². The van der Waals surface area contributed by atoms with E-state index in [1.54, 1.807) is 24.1 Å². The van der Waals surface area contributed by atoms with Gasteiger partial charge in [0.2, 0.25) is 5.91 Å². The second-order valence-electron chi connectivity index (χ2n) is 8.29. The number of hydrogen-bond donors (Lipinski definition) is 1. The zero-order valence-electron chi connectivity index (χ0n) is 17.9. The van der Waals surface area contributed by atoms with Gasteiger partial charge >= 0.3 is 6.36 Å². The molecule has 1 N–H and O–H groups in total. The van der Waals surface area contributed by atoms with E-state index >= 15 is 0 Å². The second-order valence-corrected chi connectivity index (χ2v) is 8.29. The molecule has 2 aliphatic heterocycles. The van der Waals surface area contributed by atoms with E-state index in [0.717, 1.165) is 28.4 Å². The van der Waals surface area contributed by atoms with Gasteiger partial charge in [0.15, 0.2) is 0 Å². The molecule has 1 unspecified atom stereocenters. The van der Waals surface area contributed by atoms with Crippen LogP contribution in [0, 0.1) is 0 Å². The molecule has 6 nitrogen and oxygen atoms in total. The van der Waals surface area contributed by atoms with E-state index in [-0.39, 0.29) is 18.1 Å². The molecule has 33 heavy (non-hydrogen) atoms. The second kappa shape index (κ2) is 7.75. The molecule has 2 aliphatic rings. The maximum Gasteiger partial charge on any atom is 0.573 e. The smallest absolute Gasteiger partial charge is 0.497 e. The van der Waals surface area contributed by atoms with Crippen LogP contribution in [-0.4, -0.2) is 35.4 Å². The molecule has 3 heterocycles. The molecule has 9 heteroatoms.